The highest BCUT2D eigenvalue weighted by Gasteiger charge is 2.05. The summed E-state index contributed by atoms with van der Waals surface area (Å²) < 4.78 is 6.78. The first-order valence-electron chi connectivity index (χ1n) is 4.63. The summed E-state index contributed by atoms with van der Waals surface area (Å²) >= 11 is 0. The maximum Gasteiger partial charge on any atom is 0.329 e. The summed E-state index contributed by atoms with van der Waals surface area (Å²) in [6.45, 7) is 0. The number of rotatable bonds is 3. The monoisotopic (exact) mass is 218 g/mol. The molecule has 0 spiro atoms. The number of aromatic nitrogens is 2. The third kappa shape index (κ3) is 1.75. The number of carboxylic acids is 1. The highest BCUT2D eigenvalue weighted by molar-refractivity contribution is 5.87. The molecule has 16 heavy (non-hydrogen) atoms. The van der Waals surface area contributed by atoms with Crippen LogP contribution < -0.4 is 4.74 Å². The van der Waals surface area contributed by atoms with Crippen LogP contribution in [-0.2, 0) is 4.79 Å². The van der Waals surface area contributed by atoms with Crippen molar-refractivity contribution in [2.75, 3.05) is 7.11 Å². The second-order valence-corrected chi connectivity index (χ2v) is 3.13. The number of nitrogens with zero attached hydrogens (tertiary/aromatic N) is 2. The van der Waals surface area contributed by atoms with Crippen LogP contribution in [0.2, 0.25) is 0 Å². The topological polar surface area (TPSA) is 64.4 Å². The van der Waals surface area contributed by atoms with E-state index in [2.05, 4.69) is 4.98 Å². The van der Waals surface area contributed by atoms with Crippen LogP contribution in [0.1, 0.15) is 0 Å². The van der Waals surface area contributed by atoms with Gasteiger partial charge in [-0.25, -0.2) is 9.78 Å². The summed E-state index contributed by atoms with van der Waals surface area (Å²) in [4.78, 5) is 14.6. The minimum Gasteiger partial charge on any atom is -0.494 e. The predicted molar refractivity (Wildman–Crippen MR) is 59.3 cm³/mol. The van der Waals surface area contributed by atoms with Gasteiger partial charge in [0, 0.05) is 12.3 Å². The highest BCUT2D eigenvalue weighted by Crippen LogP contribution is 2.23. The van der Waals surface area contributed by atoms with E-state index >= 15 is 0 Å². The second-order valence-electron chi connectivity index (χ2n) is 3.13. The Morgan fingerprint density at radius 3 is 3.06 bits per heavy atom. The van der Waals surface area contributed by atoms with E-state index in [0.29, 0.717) is 11.3 Å². The third-order valence-corrected chi connectivity index (χ3v) is 2.16. The molecule has 1 aromatic carbocycles. The molecule has 0 bridgehead atoms. The standard InChI is InChI=1S/C11H10N2O3/c1-16-9-4-2-3-8-11(9)12-7-13(8)6-5-10(14)15/h2-7H,1H3,(H,14,15)/b6-5+. The summed E-state index contributed by atoms with van der Waals surface area (Å²) in [5.74, 6) is -0.329. The van der Waals surface area contributed by atoms with E-state index in [1.165, 1.54) is 6.20 Å². The average molecular weight is 218 g/mol. The number of carbonyl (C=O) groups is 1. The first-order chi connectivity index (χ1) is 7.72. The summed E-state index contributed by atoms with van der Waals surface area (Å²) in [6, 6.07) is 5.48. The van der Waals surface area contributed by atoms with Gasteiger partial charge in [0.2, 0.25) is 0 Å². The third-order valence-electron chi connectivity index (χ3n) is 2.16. The van der Waals surface area contributed by atoms with Gasteiger partial charge < -0.3 is 14.4 Å². The number of fused-ring (bicyclic) bond motifs is 1. The number of hydrogen-bond acceptors (Lipinski definition) is 3. The zero-order chi connectivity index (χ0) is 11.5. The van der Waals surface area contributed by atoms with E-state index in [4.69, 9.17) is 9.84 Å². The van der Waals surface area contributed by atoms with E-state index in [0.717, 1.165) is 11.6 Å². The van der Waals surface area contributed by atoms with Crippen molar-refractivity contribution in [3.63, 3.8) is 0 Å². The smallest absolute Gasteiger partial charge is 0.329 e. The Labute approximate surface area is 91.6 Å². The number of methoxy groups -OCH3 is 1. The number of ether oxygens (including phenoxy) is 1. The maximum atomic E-state index is 10.4. The molecule has 2 rings (SSSR count). The number of hydrogen-bond donors (Lipinski definition) is 1. The van der Waals surface area contributed by atoms with E-state index < -0.39 is 5.97 Å². The molecule has 0 aliphatic rings. The zero-order valence-electron chi connectivity index (χ0n) is 8.62. The molecule has 0 radical (unpaired) electrons. The normalized spacial score (nSPS) is 11.1. The fourth-order valence-corrected chi connectivity index (χ4v) is 1.46. The molecule has 0 saturated carbocycles. The molecule has 0 atom stereocenters. The SMILES string of the molecule is COc1cccc2c1ncn2/C=C/C(=O)O. The Kier molecular flexibility index (Phi) is 2.59. The van der Waals surface area contributed by atoms with Gasteiger partial charge in [-0.2, -0.15) is 0 Å². The molecule has 82 valence electrons. The van der Waals surface area contributed by atoms with Crippen molar-refractivity contribution in [3.05, 3.63) is 30.6 Å². The van der Waals surface area contributed by atoms with Gasteiger partial charge >= 0.3 is 5.97 Å². The Morgan fingerprint density at radius 1 is 1.56 bits per heavy atom. The van der Waals surface area contributed by atoms with Crippen molar-refractivity contribution in [2.45, 2.75) is 0 Å². The fourth-order valence-electron chi connectivity index (χ4n) is 1.46. The molecule has 0 aliphatic carbocycles. The number of carboxylic acid groups (broad SMARTS) is 1. The maximum absolute atomic E-state index is 10.4. The molecule has 1 heterocycles. The van der Waals surface area contributed by atoms with Gasteiger partial charge in [-0.05, 0) is 12.1 Å². The number of imidazole rings is 1. The van der Waals surface area contributed by atoms with Crippen LogP contribution in [-0.4, -0.2) is 27.7 Å². The molecule has 0 amide bonds. The molecular formula is C11H10N2O3. The van der Waals surface area contributed by atoms with Gasteiger partial charge in [0.15, 0.2) is 0 Å². The van der Waals surface area contributed by atoms with Crippen LogP contribution in [0.4, 0.5) is 0 Å². The van der Waals surface area contributed by atoms with Crippen LogP contribution in [0.3, 0.4) is 0 Å². The largest absolute Gasteiger partial charge is 0.494 e. The Hall–Kier alpha value is -2.30. The van der Waals surface area contributed by atoms with Gasteiger partial charge in [0.25, 0.3) is 0 Å². The van der Waals surface area contributed by atoms with E-state index in [1.807, 2.05) is 12.1 Å². The van der Waals surface area contributed by atoms with Gasteiger partial charge in [0.1, 0.15) is 17.6 Å². The van der Waals surface area contributed by atoms with Crippen LogP contribution >= 0.6 is 0 Å². The molecule has 1 N–H and O–H groups in total. The lowest BCUT2D eigenvalue weighted by Crippen LogP contribution is -1.90. The summed E-state index contributed by atoms with van der Waals surface area (Å²) in [5, 5.41) is 8.54. The van der Waals surface area contributed by atoms with Crippen LogP contribution in [0.25, 0.3) is 17.2 Å². The Balaban J connectivity index is 2.53. The van der Waals surface area contributed by atoms with Crippen molar-refractivity contribution >= 4 is 23.2 Å². The molecule has 0 fully saturated rings. The molecule has 5 heteroatoms. The molecule has 0 saturated heterocycles. The number of aliphatic carboxylic acids is 1. The summed E-state index contributed by atoms with van der Waals surface area (Å²) in [7, 11) is 1.57. The fraction of sp³-hybridized carbons (Fsp3) is 0.0909. The number of benzene rings is 1. The summed E-state index contributed by atoms with van der Waals surface area (Å²) in [5.41, 5.74) is 1.51. The van der Waals surface area contributed by atoms with E-state index in [9.17, 15) is 4.79 Å². The quantitative estimate of drug-likeness (QED) is 0.795. The molecule has 1 aromatic heterocycles. The Morgan fingerprint density at radius 2 is 2.38 bits per heavy atom. The van der Waals surface area contributed by atoms with E-state index in [1.54, 1.807) is 24.1 Å². The average Bonchev–Trinajstić information content (AvgIpc) is 2.69. The lowest BCUT2D eigenvalue weighted by molar-refractivity contribution is -0.131. The van der Waals surface area contributed by atoms with Crippen molar-refractivity contribution in [1.29, 1.82) is 0 Å². The van der Waals surface area contributed by atoms with Crippen molar-refractivity contribution in [3.8, 4) is 5.75 Å². The lowest BCUT2D eigenvalue weighted by Gasteiger charge is -2.00. The zero-order valence-corrected chi connectivity index (χ0v) is 8.62. The number of para-hydroxylation sites is 1. The molecule has 0 aliphatic heterocycles. The van der Waals surface area contributed by atoms with Crippen LogP contribution in [0.15, 0.2) is 30.6 Å². The molecule has 2 aromatic rings. The highest BCUT2D eigenvalue weighted by atomic mass is 16.5. The van der Waals surface area contributed by atoms with Gasteiger partial charge in [-0.15, -0.1) is 0 Å². The first kappa shape index (κ1) is 10.2. The van der Waals surface area contributed by atoms with Gasteiger partial charge in [0.05, 0.1) is 12.6 Å². The second kappa shape index (κ2) is 4.06. The summed E-state index contributed by atoms with van der Waals surface area (Å²) in [6.07, 6.45) is 4.05. The predicted octanol–water partition coefficient (Wildman–Crippen LogP) is 1.60. The van der Waals surface area contributed by atoms with Crippen LogP contribution in [0, 0.1) is 0 Å². The van der Waals surface area contributed by atoms with Crippen molar-refractivity contribution in [2.24, 2.45) is 0 Å². The van der Waals surface area contributed by atoms with Crippen molar-refractivity contribution in [1.82, 2.24) is 9.55 Å². The van der Waals surface area contributed by atoms with Gasteiger partial charge in [-0.3, -0.25) is 0 Å². The minimum absolute atomic E-state index is 0.667. The molecular weight excluding hydrogens is 208 g/mol. The van der Waals surface area contributed by atoms with Gasteiger partial charge in [-0.1, -0.05) is 6.07 Å². The lowest BCUT2D eigenvalue weighted by atomic mass is 10.3. The molecule has 0 unspecified atom stereocenters. The first-order valence-corrected chi connectivity index (χ1v) is 4.63. The van der Waals surface area contributed by atoms with E-state index in [-0.39, 0.29) is 0 Å². The minimum atomic E-state index is -0.996. The molecule has 5 nitrogen and oxygen atoms in total. The Bertz CT molecular complexity index is 557. The van der Waals surface area contributed by atoms with Crippen molar-refractivity contribution < 1.29 is 14.6 Å². The van der Waals surface area contributed by atoms with Crippen LogP contribution in [0.5, 0.6) is 5.75 Å².